The van der Waals surface area contributed by atoms with Crippen LogP contribution in [0, 0.1) is 0 Å². The van der Waals surface area contributed by atoms with Crippen molar-refractivity contribution >= 4 is 17.2 Å². The Labute approximate surface area is 100 Å². The lowest BCUT2D eigenvalue weighted by molar-refractivity contribution is -0.131. The molecule has 16 heavy (non-hydrogen) atoms. The maximum Gasteiger partial charge on any atom is 0.222 e. The molecular weight excluding hydrogens is 220 g/mol. The van der Waals surface area contributed by atoms with Crippen LogP contribution in [0.3, 0.4) is 0 Å². The Morgan fingerprint density at radius 3 is 2.94 bits per heavy atom. The van der Waals surface area contributed by atoms with E-state index in [1.54, 1.807) is 11.3 Å². The fourth-order valence-electron chi connectivity index (χ4n) is 1.94. The number of thiophene rings is 1. The summed E-state index contributed by atoms with van der Waals surface area (Å²) in [6.07, 6.45) is 2.71. The zero-order valence-electron chi connectivity index (χ0n) is 9.45. The van der Waals surface area contributed by atoms with Crippen LogP contribution >= 0.6 is 11.3 Å². The van der Waals surface area contributed by atoms with Gasteiger partial charge in [0, 0.05) is 37.5 Å². The van der Waals surface area contributed by atoms with E-state index in [-0.39, 0.29) is 0 Å². The quantitative estimate of drug-likeness (QED) is 0.862. The van der Waals surface area contributed by atoms with Crippen molar-refractivity contribution in [1.82, 2.24) is 10.2 Å². The number of aryl methyl sites for hydroxylation is 1. The van der Waals surface area contributed by atoms with E-state index in [1.807, 2.05) is 4.90 Å². The van der Waals surface area contributed by atoms with E-state index in [4.69, 9.17) is 0 Å². The summed E-state index contributed by atoms with van der Waals surface area (Å²) < 4.78 is 0. The maximum absolute atomic E-state index is 11.8. The highest BCUT2D eigenvalue weighted by Crippen LogP contribution is 2.12. The molecule has 1 fully saturated rings. The molecule has 2 heterocycles. The molecule has 0 radical (unpaired) electrons. The molecule has 3 nitrogen and oxygen atoms in total. The molecule has 1 saturated heterocycles. The van der Waals surface area contributed by atoms with Gasteiger partial charge in [0.05, 0.1) is 0 Å². The van der Waals surface area contributed by atoms with Crippen molar-refractivity contribution in [2.45, 2.75) is 19.3 Å². The fraction of sp³-hybridized carbons (Fsp3) is 0.583. The van der Waals surface area contributed by atoms with Crippen molar-refractivity contribution < 1.29 is 4.79 Å². The molecule has 0 bridgehead atoms. The number of hydrogen-bond acceptors (Lipinski definition) is 3. The molecule has 2 rings (SSSR count). The van der Waals surface area contributed by atoms with Crippen LogP contribution in [0.2, 0.25) is 0 Å². The highest BCUT2D eigenvalue weighted by atomic mass is 32.1. The number of amides is 1. The van der Waals surface area contributed by atoms with Crippen molar-refractivity contribution in [2.24, 2.45) is 0 Å². The Morgan fingerprint density at radius 1 is 1.44 bits per heavy atom. The molecule has 0 aliphatic carbocycles. The lowest BCUT2D eigenvalue weighted by Gasteiger charge is -2.27. The first-order chi connectivity index (χ1) is 7.86. The minimum atomic E-state index is 0.318. The van der Waals surface area contributed by atoms with E-state index in [9.17, 15) is 4.79 Å². The Hall–Kier alpha value is -0.870. The average molecular weight is 238 g/mol. The monoisotopic (exact) mass is 238 g/mol. The van der Waals surface area contributed by atoms with E-state index in [1.165, 1.54) is 4.88 Å². The summed E-state index contributed by atoms with van der Waals surface area (Å²) in [5.41, 5.74) is 0. The van der Waals surface area contributed by atoms with Crippen molar-refractivity contribution in [3.63, 3.8) is 0 Å². The molecule has 88 valence electrons. The van der Waals surface area contributed by atoms with Gasteiger partial charge < -0.3 is 10.2 Å². The number of hydrogen-bond donors (Lipinski definition) is 1. The molecular formula is C12H18N2OS. The number of rotatable bonds is 4. The fourth-order valence-corrected chi connectivity index (χ4v) is 2.69. The molecule has 1 aromatic heterocycles. The van der Waals surface area contributed by atoms with Crippen molar-refractivity contribution in [3.05, 3.63) is 22.4 Å². The van der Waals surface area contributed by atoms with Gasteiger partial charge in [-0.05, 0) is 24.3 Å². The Morgan fingerprint density at radius 2 is 2.25 bits per heavy atom. The van der Waals surface area contributed by atoms with Crippen molar-refractivity contribution in [3.8, 4) is 0 Å². The van der Waals surface area contributed by atoms with Gasteiger partial charge in [0.2, 0.25) is 5.91 Å². The summed E-state index contributed by atoms with van der Waals surface area (Å²) in [4.78, 5) is 15.2. The molecule has 1 amide bonds. The third-order valence-corrected chi connectivity index (χ3v) is 3.80. The molecule has 1 aliphatic rings. The molecule has 0 unspecified atom stereocenters. The predicted molar refractivity (Wildman–Crippen MR) is 66.7 cm³/mol. The van der Waals surface area contributed by atoms with Crippen LogP contribution in [-0.4, -0.2) is 37.0 Å². The van der Waals surface area contributed by atoms with Gasteiger partial charge in [-0.25, -0.2) is 0 Å². The summed E-state index contributed by atoms with van der Waals surface area (Å²) in [7, 11) is 0. The largest absolute Gasteiger partial charge is 0.340 e. The van der Waals surface area contributed by atoms with Crippen LogP contribution in [0.15, 0.2) is 17.5 Å². The van der Waals surface area contributed by atoms with Crippen molar-refractivity contribution in [2.75, 3.05) is 26.2 Å². The zero-order valence-corrected chi connectivity index (χ0v) is 10.3. The second-order valence-corrected chi connectivity index (χ2v) is 5.10. The lowest BCUT2D eigenvalue weighted by atomic mass is 10.2. The molecule has 1 N–H and O–H groups in total. The van der Waals surface area contributed by atoms with Gasteiger partial charge >= 0.3 is 0 Å². The molecule has 1 aromatic rings. The first-order valence-corrected chi connectivity index (χ1v) is 6.75. The van der Waals surface area contributed by atoms with Crippen LogP contribution < -0.4 is 5.32 Å². The minimum Gasteiger partial charge on any atom is -0.340 e. The third kappa shape index (κ3) is 3.32. The van der Waals surface area contributed by atoms with E-state index in [0.29, 0.717) is 12.3 Å². The smallest absolute Gasteiger partial charge is 0.222 e. The van der Waals surface area contributed by atoms with Gasteiger partial charge in [-0.3, -0.25) is 4.79 Å². The Balaban J connectivity index is 1.67. The molecule has 0 saturated carbocycles. The Kier molecular flexibility index (Phi) is 4.36. The van der Waals surface area contributed by atoms with E-state index >= 15 is 0 Å². The van der Waals surface area contributed by atoms with E-state index in [0.717, 1.165) is 39.0 Å². The van der Waals surface area contributed by atoms with Gasteiger partial charge in [0.25, 0.3) is 0 Å². The minimum absolute atomic E-state index is 0.318. The highest BCUT2D eigenvalue weighted by Gasteiger charge is 2.15. The normalized spacial score (nSPS) is 16.4. The molecule has 1 aliphatic heterocycles. The average Bonchev–Trinajstić information content (AvgIpc) is 2.83. The molecule has 0 aromatic carbocycles. The SMILES string of the molecule is O=C(CCCc1cccs1)N1CCNCC1. The second kappa shape index (κ2) is 6.01. The predicted octanol–water partition coefficient (Wildman–Crippen LogP) is 1.50. The van der Waals surface area contributed by atoms with Gasteiger partial charge in [0.15, 0.2) is 0 Å². The lowest BCUT2D eigenvalue weighted by Crippen LogP contribution is -2.46. The summed E-state index contributed by atoms with van der Waals surface area (Å²) in [6.45, 7) is 3.63. The zero-order chi connectivity index (χ0) is 11.2. The second-order valence-electron chi connectivity index (χ2n) is 4.06. The number of piperazine rings is 1. The van der Waals surface area contributed by atoms with Gasteiger partial charge in [-0.2, -0.15) is 0 Å². The maximum atomic E-state index is 11.8. The highest BCUT2D eigenvalue weighted by molar-refractivity contribution is 7.09. The topological polar surface area (TPSA) is 32.3 Å². The number of nitrogens with zero attached hydrogens (tertiary/aromatic N) is 1. The van der Waals surface area contributed by atoms with Gasteiger partial charge in [0.1, 0.15) is 0 Å². The van der Waals surface area contributed by atoms with Gasteiger partial charge in [-0.15, -0.1) is 11.3 Å². The number of carbonyl (C=O) groups is 1. The van der Waals surface area contributed by atoms with E-state index in [2.05, 4.69) is 22.8 Å². The van der Waals surface area contributed by atoms with Crippen LogP contribution in [0.4, 0.5) is 0 Å². The Bertz CT molecular complexity index is 318. The van der Waals surface area contributed by atoms with Crippen molar-refractivity contribution in [1.29, 1.82) is 0 Å². The number of carbonyl (C=O) groups excluding carboxylic acids is 1. The summed E-state index contributed by atoms with van der Waals surface area (Å²) in [6, 6.07) is 4.21. The van der Waals surface area contributed by atoms with E-state index < -0.39 is 0 Å². The van der Waals surface area contributed by atoms with Crippen LogP contribution in [-0.2, 0) is 11.2 Å². The van der Waals surface area contributed by atoms with Crippen LogP contribution in [0.1, 0.15) is 17.7 Å². The first-order valence-electron chi connectivity index (χ1n) is 5.87. The van der Waals surface area contributed by atoms with Gasteiger partial charge in [-0.1, -0.05) is 6.07 Å². The van der Waals surface area contributed by atoms with Crippen LogP contribution in [0.25, 0.3) is 0 Å². The standard InChI is InChI=1S/C12H18N2OS/c15-12(14-8-6-13-7-9-14)5-1-3-11-4-2-10-16-11/h2,4,10,13H,1,3,5-9H2. The first kappa shape index (κ1) is 11.6. The molecule has 0 spiro atoms. The summed E-state index contributed by atoms with van der Waals surface area (Å²) in [5, 5.41) is 5.35. The molecule has 4 heteroatoms. The third-order valence-electron chi connectivity index (χ3n) is 2.86. The molecule has 0 atom stereocenters. The van der Waals surface area contributed by atoms with Crippen LogP contribution in [0.5, 0.6) is 0 Å². The summed E-state index contributed by atoms with van der Waals surface area (Å²) >= 11 is 1.78. The number of nitrogens with one attached hydrogen (secondary N) is 1. The summed E-state index contributed by atoms with van der Waals surface area (Å²) in [5.74, 6) is 0.318.